The van der Waals surface area contributed by atoms with E-state index in [9.17, 15) is 34.4 Å². The summed E-state index contributed by atoms with van der Waals surface area (Å²) < 4.78 is 112. The molecular formula is C18H18F4O6S2. The van der Waals surface area contributed by atoms with Gasteiger partial charge in [0.25, 0.3) is 20.2 Å². The number of benzene rings is 2. The molecule has 0 aliphatic rings. The van der Waals surface area contributed by atoms with Crippen LogP contribution < -0.4 is 0 Å². The Labute approximate surface area is 171 Å². The minimum atomic E-state index is -5.03. The van der Waals surface area contributed by atoms with Gasteiger partial charge in [-0.25, -0.2) is 0 Å². The standard InChI is InChI=1S/C18H18F4O6S2/c1-13-3-7-15(8-4-13)29(23,24)27-11-17(19,20)18(21,22)12-28-30(25,26)16-9-5-14(2)6-10-16/h3-10H,11-12H2,1-2H3. The van der Waals surface area contributed by atoms with E-state index < -0.39 is 55.1 Å². The van der Waals surface area contributed by atoms with Crippen molar-refractivity contribution in [3.63, 3.8) is 0 Å². The molecule has 6 nitrogen and oxygen atoms in total. The van der Waals surface area contributed by atoms with Gasteiger partial charge in [-0.15, -0.1) is 0 Å². The van der Waals surface area contributed by atoms with Crippen LogP contribution in [0.5, 0.6) is 0 Å². The predicted octanol–water partition coefficient (Wildman–Crippen LogP) is 3.68. The van der Waals surface area contributed by atoms with E-state index in [1.54, 1.807) is 13.8 Å². The van der Waals surface area contributed by atoms with Crippen molar-refractivity contribution in [2.75, 3.05) is 13.2 Å². The minimum Gasteiger partial charge on any atom is -0.260 e. The molecule has 0 spiro atoms. The van der Waals surface area contributed by atoms with E-state index in [-0.39, 0.29) is 0 Å². The first-order chi connectivity index (χ1) is 13.7. The summed E-state index contributed by atoms with van der Waals surface area (Å²) in [6.07, 6.45) is 0. The van der Waals surface area contributed by atoms with Crippen LogP contribution in [0.15, 0.2) is 58.3 Å². The third-order valence-electron chi connectivity index (χ3n) is 3.95. The van der Waals surface area contributed by atoms with Crippen molar-refractivity contribution < 1.29 is 42.8 Å². The molecule has 166 valence electrons. The van der Waals surface area contributed by atoms with Gasteiger partial charge in [-0.3, -0.25) is 8.37 Å². The zero-order valence-electron chi connectivity index (χ0n) is 15.8. The van der Waals surface area contributed by atoms with Crippen LogP contribution in [0.4, 0.5) is 17.6 Å². The molecular weight excluding hydrogens is 452 g/mol. The highest BCUT2D eigenvalue weighted by Gasteiger charge is 2.58. The highest BCUT2D eigenvalue weighted by Crippen LogP contribution is 2.36. The van der Waals surface area contributed by atoms with Crippen LogP contribution in [-0.2, 0) is 28.6 Å². The van der Waals surface area contributed by atoms with Gasteiger partial charge in [0.1, 0.15) is 13.2 Å². The molecule has 0 aliphatic carbocycles. The van der Waals surface area contributed by atoms with Gasteiger partial charge >= 0.3 is 11.8 Å². The van der Waals surface area contributed by atoms with Crippen molar-refractivity contribution in [3.05, 3.63) is 59.7 Å². The Morgan fingerprint density at radius 1 is 0.633 bits per heavy atom. The fourth-order valence-corrected chi connectivity index (χ4v) is 3.88. The van der Waals surface area contributed by atoms with Crippen LogP contribution in [0.1, 0.15) is 11.1 Å². The van der Waals surface area contributed by atoms with Crippen LogP contribution in [0.3, 0.4) is 0 Å². The number of hydrogen-bond donors (Lipinski definition) is 0. The molecule has 0 heterocycles. The maximum absolute atomic E-state index is 13.9. The molecule has 12 heteroatoms. The SMILES string of the molecule is Cc1ccc(S(=O)(=O)OCC(F)(F)C(F)(F)COS(=O)(=O)c2ccc(C)cc2)cc1. The van der Waals surface area contributed by atoms with Crippen LogP contribution in [0.2, 0.25) is 0 Å². The van der Waals surface area contributed by atoms with Crippen LogP contribution in [-0.4, -0.2) is 41.9 Å². The minimum absolute atomic E-state index is 0.495. The Morgan fingerprint density at radius 3 is 1.17 bits per heavy atom. The van der Waals surface area contributed by atoms with Gasteiger partial charge in [-0.1, -0.05) is 35.4 Å². The van der Waals surface area contributed by atoms with Crippen molar-refractivity contribution in [3.8, 4) is 0 Å². The monoisotopic (exact) mass is 470 g/mol. The molecule has 0 fully saturated rings. The van der Waals surface area contributed by atoms with Gasteiger partial charge in [0.2, 0.25) is 0 Å². The van der Waals surface area contributed by atoms with Crippen molar-refractivity contribution in [2.24, 2.45) is 0 Å². The van der Waals surface area contributed by atoms with Crippen LogP contribution in [0.25, 0.3) is 0 Å². The molecule has 0 saturated carbocycles. The molecule has 30 heavy (non-hydrogen) atoms. The lowest BCUT2D eigenvalue weighted by Gasteiger charge is -2.25. The Morgan fingerprint density at radius 2 is 0.900 bits per heavy atom. The molecule has 0 saturated heterocycles. The molecule has 0 aliphatic heterocycles. The van der Waals surface area contributed by atoms with Crippen LogP contribution >= 0.6 is 0 Å². The van der Waals surface area contributed by atoms with Crippen molar-refractivity contribution >= 4 is 20.2 Å². The second-order valence-electron chi connectivity index (χ2n) is 6.47. The molecule has 2 aromatic rings. The van der Waals surface area contributed by atoms with E-state index >= 15 is 0 Å². The molecule has 0 atom stereocenters. The second kappa shape index (κ2) is 8.61. The molecule has 0 N–H and O–H groups in total. The fraction of sp³-hybridized carbons (Fsp3) is 0.333. The summed E-state index contributed by atoms with van der Waals surface area (Å²) in [6.45, 7) is -1.11. The Bertz CT molecular complexity index is 991. The van der Waals surface area contributed by atoms with Gasteiger partial charge in [0, 0.05) is 0 Å². The number of aryl methyl sites for hydroxylation is 2. The molecule has 2 aromatic carbocycles. The molecule has 0 bridgehead atoms. The first-order valence-corrected chi connectivity index (χ1v) is 11.2. The number of alkyl halides is 4. The first-order valence-electron chi connectivity index (χ1n) is 8.34. The van der Waals surface area contributed by atoms with E-state index in [1.165, 1.54) is 24.3 Å². The average molecular weight is 470 g/mol. The van der Waals surface area contributed by atoms with Crippen LogP contribution in [0, 0.1) is 13.8 Å². The van der Waals surface area contributed by atoms with Gasteiger partial charge in [-0.05, 0) is 38.1 Å². The molecule has 0 aromatic heterocycles. The summed E-state index contributed by atoms with van der Waals surface area (Å²) in [6, 6.07) is 9.74. The third-order valence-corrected chi connectivity index (χ3v) is 6.50. The zero-order valence-corrected chi connectivity index (χ0v) is 17.4. The average Bonchev–Trinajstić information content (AvgIpc) is 2.66. The molecule has 2 rings (SSSR count). The van der Waals surface area contributed by atoms with E-state index in [0.717, 1.165) is 24.3 Å². The summed E-state index contributed by atoms with van der Waals surface area (Å²) in [5.74, 6) is -10.1. The summed E-state index contributed by atoms with van der Waals surface area (Å²) in [7, 11) is -9.47. The number of hydrogen-bond acceptors (Lipinski definition) is 6. The lowest BCUT2D eigenvalue weighted by Crippen LogP contribution is -2.48. The van der Waals surface area contributed by atoms with E-state index in [2.05, 4.69) is 8.37 Å². The van der Waals surface area contributed by atoms with Crippen molar-refractivity contribution in [1.29, 1.82) is 0 Å². The Kier molecular flexibility index (Phi) is 6.96. The molecule has 0 amide bonds. The van der Waals surface area contributed by atoms with Crippen molar-refractivity contribution in [2.45, 2.75) is 35.5 Å². The summed E-state index contributed by atoms with van der Waals surface area (Å²) >= 11 is 0. The topological polar surface area (TPSA) is 86.7 Å². The summed E-state index contributed by atoms with van der Waals surface area (Å²) in [5.41, 5.74) is 1.36. The summed E-state index contributed by atoms with van der Waals surface area (Å²) in [5, 5.41) is 0. The Balaban J connectivity index is 2.08. The molecule has 0 radical (unpaired) electrons. The van der Waals surface area contributed by atoms with E-state index in [1.807, 2.05) is 0 Å². The molecule has 0 unspecified atom stereocenters. The lowest BCUT2D eigenvalue weighted by molar-refractivity contribution is -0.231. The zero-order chi connectivity index (χ0) is 22.8. The maximum atomic E-state index is 13.9. The van der Waals surface area contributed by atoms with Gasteiger partial charge < -0.3 is 0 Å². The highest BCUT2D eigenvalue weighted by molar-refractivity contribution is 7.87. The second-order valence-corrected chi connectivity index (χ2v) is 9.70. The predicted molar refractivity (Wildman–Crippen MR) is 98.5 cm³/mol. The third kappa shape index (κ3) is 5.78. The fourth-order valence-electron chi connectivity index (χ4n) is 2.06. The van der Waals surface area contributed by atoms with Gasteiger partial charge in [0.15, 0.2) is 0 Å². The first kappa shape index (κ1) is 24.3. The number of halogens is 4. The van der Waals surface area contributed by atoms with Gasteiger partial charge in [0.05, 0.1) is 9.79 Å². The van der Waals surface area contributed by atoms with Crippen molar-refractivity contribution in [1.82, 2.24) is 0 Å². The quantitative estimate of drug-likeness (QED) is 0.411. The van der Waals surface area contributed by atoms with E-state index in [4.69, 9.17) is 0 Å². The highest BCUT2D eigenvalue weighted by atomic mass is 32.2. The van der Waals surface area contributed by atoms with E-state index in [0.29, 0.717) is 11.1 Å². The normalized spacial score (nSPS) is 13.4. The van der Waals surface area contributed by atoms with Gasteiger partial charge in [-0.2, -0.15) is 34.4 Å². The largest absolute Gasteiger partial charge is 0.336 e. The Hall–Kier alpha value is -2.02. The smallest absolute Gasteiger partial charge is 0.260 e. The maximum Gasteiger partial charge on any atom is 0.336 e. The number of rotatable bonds is 9. The lowest BCUT2D eigenvalue weighted by atomic mass is 10.2. The summed E-state index contributed by atoms with van der Waals surface area (Å²) in [4.78, 5) is -0.990.